The summed E-state index contributed by atoms with van der Waals surface area (Å²) in [5, 5.41) is 4.66. The number of aryl methyl sites for hydroxylation is 2. The van der Waals surface area contributed by atoms with Crippen molar-refractivity contribution in [1.82, 2.24) is 9.97 Å². The SMILES string of the molecule is Cc1ccc2ccc3c(cc(-c4ccc5c(c4)C(C)(C)c4ccccc4-5)c4ccc(C)nc43)c2n1. The van der Waals surface area contributed by atoms with Crippen LogP contribution in [0.15, 0.2) is 84.9 Å². The molecule has 2 heterocycles. The molecule has 1 aliphatic rings. The van der Waals surface area contributed by atoms with Gasteiger partial charge in [0.25, 0.3) is 0 Å². The number of rotatable bonds is 1. The molecule has 0 saturated carbocycles. The number of hydrogen-bond donors (Lipinski definition) is 0. The summed E-state index contributed by atoms with van der Waals surface area (Å²) in [6.45, 7) is 8.80. The first-order valence-corrected chi connectivity index (χ1v) is 12.3. The molecule has 0 radical (unpaired) electrons. The van der Waals surface area contributed by atoms with Gasteiger partial charge in [-0.3, -0.25) is 9.97 Å². The maximum Gasteiger partial charge on any atom is 0.0790 e. The van der Waals surface area contributed by atoms with Gasteiger partial charge in [-0.2, -0.15) is 0 Å². The summed E-state index contributed by atoms with van der Waals surface area (Å²) in [5.41, 5.74) is 12.0. The van der Waals surface area contributed by atoms with E-state index in [1.807, 2.05) is 0 Å². The summed E-state index contributed by atoms with van der Waals surface area (Å²) in [5.74, 6) is 0. The molecule has 0 bridgehead atoms. The van der Waals surface area contributed by atoms with Gasteiger partial charge in [-0.25, -0.2) is 0 Å². The minimum Gasteiger partial charge on any atom is -0.252 e. The average molecular weight is 451 g/mol. The smallest absolute Gasteiger partial charge is 0.0790 e. The van der Waals surface area contributed by atoms with Crippen LogP contribution in [-0.4, -0.2) is 9.97 Å². The Morgan fingerprint density at radius 2 is 1.23 bits per heavy atom. The predicted molar refractivity (Wildman–Crippen MR) is 147 cm³/mol. The Kier molecular flexibility index (Phi) is 4.06. The van der Waals surface area contributed by atoms with Crippen molar-refractivity contribution in [2.75, 3.05) is 0 Å². The van der Waals surface area contributed by atoms with E-state index >= 15 is 0 Å². The molecule has 4 aromatic carbocycles. The summed E-state index contributed by atoms with van der Waals surface area (Å²) in [4.78, 5) is 9.97. The lowest BCUT2D eigenvalue weighted by Gasteiger charge is -2.22. The molecule has 2 heteroatoms. The number of fused-ring (bicyclic) bond motifs is 8. The maximum absolute atomic E-state index is 5.02. The zero-order chi connectivity index (χ0) is 23.9. The normalized spacial score (nSPS) is 13.9. The van der Waals surface area contributed by atoms with Gasteiger partial charge in [0.1, 0.15) is 0 Å². The Balaban J connectivity index is 1.57. The highest BCUT2D eigenvalue weighted by atomic mass is 14.7. The van der Waals surface area contributed by atoms with E-state index in [4.69, 9.17) is 9.97 Å². The molecule has 0 N–H and O–H groups in total. The van der Waals surface area contributed by atoms with E-state index in [0.717, 1.165) is 38.6 Å². The second-order valence-corrected chi connectivity index (χ2v) is 10.4. The molecule has 0 unspecified atom stereocenters. The number of nitrogens with zero attached hydrogens (tertiary/aromatic N) is 2. The maximum atomic E-state index is 5.02. The monoisotopic (exact) mass is 450 g/mol. The molecule has 2 nitrogen and oxygen atoms in total. The van der Waals surface area contributed by atoms with Crippen LogP contribution < -0.4 is 0 Å². The zero-order valence-corrected chi connectivity index (χ0v) is 20.5. The van der Waals surface area contributed by atoms with Gasteiger partial charge in [-0.1, -0.05) is 74.5 Å². The van der Waals surface area contributed by atoms with Crippen LogP contribution in [0.3, 0.4) is 0 Å². The predicted octanol–water partition coefficient (Wildman–Crippen LogP) is 8.53. The minimum atomic E-state index is -0.0329. The molecule has 0 saturated heterocycles. The van der Waals surface area contributed by atoms with Crippen LogP contribution in [0.25, 0.3) is 54.8 Å². The van der Waals surface area contributed by atoms with Crippen LogP contribution in [0.5, 0.6) is 0 Å². The fourth-order valence-electron chi connectivity index (χ4n) is 5.97. The van der Waals surface area contributed by atoms with Crippen LogP contribution in [0.4, 0.5) is 0 Å². The van der Waals surface area contributed by atoms with Crippen LogP contribution in [0.1, 0.15) is 36.4 Å². The van der Waals surface area contributed by atoms with Crippen molar-refractivity contribution >= 4 is 32.6 Å². The lowest BCUT2D eigenvalue weighted by Crippen LogP contribution is -2.14. The highest BCUT2D eigenvalue weighted by Crippen LogP contribution is 2.50. The van der Waals surface area contributed by atoms with Gasteiger partial charge < -0.3 is 0 Å². The Morgan fingerprint density at radius 1 is 0.543 bits per heavy atom. The van der Waals surface area contributed by atoms with E-state index in [9.17, 15) is 0 Å². The summed E-state index contributed by atoms with van der Waals surface area (Å²) in [6, 6.07) is 31.1. The van der Waals surface area contributed by atoms with E-state index in [1.54, 1.807) is 0 Å². The van der Waals surface area contributed by atoms with Crippen molar-refractivity contribution in [3.63, 3.8) is 0 Å². The van der Waals surface area contributed by atoms with E-state index in [-0.39, 0.29) is 5.41 Å². The minimum absolute atomic E-state index is 0.0329. The molecule has 0 atom stereocenters. The van der Waals surface area contributed by atoms with Gasteiger partial charge in [-0.05, 0) is 71.5 Å². The summed E-state index contributed by atoms with van der Waals surface area (Å²) in [7, 11) is 0. The third-order valence-electron chi connectivity index (χ3n) is 7.80. The molecule has 0 spiro atoms. The van der Waals surface area contributed by atoms with E-state index in [2.05, 4.69) is 113 Å². The Hall–Kier alpha value is -4.04. The molecule has 168 valence electrons. The van der Waals surface area contributed by atoms with Crippen LogP contribution in [0.2, 0.25) is 0 Å². The fraction of sp³-hybridized carbons (Fsp3) is 0.152. The van der Waals surface area contributed by atoms with Crippen molar-refractivity contribution in [3.05, 3.63) is 107 Å². The molecule has 35 heavy (non-hydrogen) atoms. The van der Waals surface area contributed by atoms with Crippen molar-refractivity contribution in [3.8, 4) is 22.3 Å². The van der Waals surface area contributed by atoms with Gasteiger partial charge in [-0.15, -0.1) is 0 Å². The fourth-order valence-corrected chi connectivity index (χ4v) is 5.97. The number of hydrogen-bond acceptors (Lipinski definition) is 2. The molecule has 1 aliphatic carbocycles. The van der Waals surface area contributed by atoms with Gasteiger partial charge in [0, 0.05) is 38.3 Å². The average Bonchev–Trinajstić information content (AvgIpc) is 3.09. The van der Waals surface area contributed by atoms with Crippen molar-refractivity contribution in [2.45, 2.75) is 33.1 Å². The van der Waals surface area contributed by atoms with E-state index in [0.29, 0.717) is 0 Å². The summed E-state index contributed by atoms with van der Waals surface area (Å²) >= 11 is 0. The number of pyridine rings is 2. The molecule has 2 aromatic heterocycles. The number of aromatic nitrogens is 2. The van der Waals surface area contributed by atoms with Crippen molar-refractivity contribution < 1.29 is 0 Å². The Bertz CT molecular complexity index is 1840. The molecule has 6 aromatic rings. The summed E-state index contributed by atoms with van der Waals surface area (Å²) < 4.78 is 0. The molecular weight excluding hydrogens is 424 g/mol. The Morgan fingerprint density at radius 3 is 2.09 bits per heavy atom. The van der Waals surface area contributed by atoms with Crippen molar-refractivity contribution in [1.29, 1.82) is 0 Å². The highest BCUT2D eigenvalue weighted by Gasteiger charge is 2.35. The molecule has 0 aliphatic heterocycles. The largest absolute Gasteiger partial charge is 0.252 e. The topological polar surface area (TPSA) is 25.8 Å². The third kappa shape index (κ3) is 2.83. The van der Waals surface area contributed by atoms with Gasteiger partial charge in [0.2, 0.25) is 0 Å². The van der Waals surface area contributed by atoms with Gasteiger partial charge in [0.05, 0.1) is 11.0 Å². The highest BCUT2D eigenvalue weighted by molar-refractivity contribution is 6.19. The summed E-state index contributed by atoms with van der Waals surface area (Å²) in [6.07, 6.45) is 0. The van der Waals surface area contributed by atoms with Gasteiger partial charge in [0.15, 0.2) is 0 Å². The van der Waals surface area contributed by atoms with Crippen LogP contribution in [-0.2, 0) is 5.41 Å². The molecular formula is C33H26N2. The molecule has 7 rings (SSSR count). The van der Waals surface area contributed by atoms with Crippen LogP contribution >= 0.6 is 0 Å². The number of benzene rings is 4. The van der Waals surface area contributed by atoms with E-state index in [1.165, 1.54) is 38.8 Å². The first-order chi connectivity index (χ1) is 16.9. The third-order valence-corrected chi connectivity index (χ3v) is 7.80. The van der Waals surface area contributed by atoms with E-state index < -0.39 is 0 Å². The zero-order valence-electron chi connectivity index (χ0n) is 20.5. The quantitative estimate of drug-likeness (QED) is 0.235. The first-order valence-electron chi connectivity index (χ1n) is 12.3. The van der Waals surface area contributed by atoms with Crippen molar-refractivity contribution in [2.24, 2.45) is 0 Å². The lowest BCUT2D eigenvalue weighted by atomic mass is 9.81. The Labute approximate surface area is 205 Å². The standard InChI is InChI=1S/C33H26N2/c1-19-9-11-21-12-16-26-28(31(21)34-19)18-27(25-14-10-20(2)35-32(25)26)22-13-15-24-23-7-5-6-8-29(23)33(3,4)30(24)17-22/h5-18H,1-4H3. The van der Waals surface area contributed by atoms with Gasteiger partial charge >= 0.3 is 0 Å². The second kappa shape index (κ2) is 6.99. The molecule has 0 fully saturated rings. The second-order valence-electron chi connectivity index (χ2n) is 10.4. The molecule has 0 amide bonds. The first kappa shape index (κ1) is 20.3. The lowest BCUT2D eigenvalue weighted by molar-refractivity contribution is 0.660. The van der Waals surface area contributed by atoms with Crippen LogP contribution in [0, 0.1) is 13.8 Å².